The van der Waals surface area contributed by atoms with Crippen LogP contribution in [-0.2, 0) is 38.6 Å². The number of amides is 1. The van der Waals surface area contributed by atoms with Crippen LogP contribution in [0.4, 0.5) is 9.93 Å². The topological polar surface area (TPSA) is 90.4 Å². The van der Waals surface area contributed by atoms with Crippen molar-refractivity contribution in [2.75, 3.05) is 31.6 Å². The maximum Gasteiger partial charge on any atom is 0.410 e. The van der Waals surface area contributed by atoms with Crippen LogP contribution in [0.2, 0.25) is 0 Å². The summed E-state index contributed by atoms with van der Waals surface area (Å²) in [4.78, 5) is 34.6. The Bertz CT molecular complexity index is 1600. The first-order valence-electron chi connectivity index (χ1n) is 16.4. The maximum absolute atomic E-state index is 12.9. The van der Waals surface area contributed by atoms with E-state index < -0.39 is 11.2 Å². The number of ether oxygens (including phenoxy) is 4. The van der Waals surface area contributed by atoms with Crippen LogP contribution < -0.4 is 9.64 Å². The summed E-state index contributed by atoms with van der Waals surface area (Å²) in [6, 6.07) is 10.5. The molecule has 1 amide bonds. The molecule has 0 bridgehead atoms. The third kappa shape index (κ3) is 8.46. The molecule has 1 fully saturated rings. The number of rotatable bonds is 7. The number of hydrogen-bond acceptors (Lipinski definition) is 9. The SMILES string of the molecule is CO[C@@H]1CN(c2nc(-c3cccc(C)c3OCc3cc(C)c4c(c3)CCN(C(=O)OC(C)(C)C)C4)cs2)CC[C@@H]1C(=O)OC(C)(C)C. The lowest BCUT2D eigenvalue weighted by Crippen LogP contribution is -2.49. The number of benzene rings is 2. The van der Waals surface area contributed by atoms with Crippen molar-refractivity contribution in [1.29, 1.82) is 0 Å². The molecule has 0 unspecified atom stereocenters. The third-order valence-electron chi connectivity index (χ3n) is 8.48. The zero-order valence-corrected chi connectivity index (χ0v) is 30.1. The lowest BCUT2D eigenvalue weighted by Gasteiger charge is -2.37. The van der Waals surface area contributed by atoms with Crippen LogP contribution in [0.5, 0.6) is 5.75 Å². The number of aryl methyl sites for hydroxylation is 2. The Labute approximate surface area is 283 Å². The molecule has 2 aromatic carbocycles. The normalized spacial score (nSPS) is 18.5. The van der Waals surface area contributed by atoms with E-state index in [2.05, 4.69) is 48.4 Å². The van der Waals surface area contributed by atoms with Crippen molar-refractivity contribution in [3.63, 3.8) is 0 Å². The van der Waals surface area contributed by atoms with E-state index in [0.717, 1.165) is 45.2 Å². The Kier molecular flexibility index (Phi) is 10.2. The second kappa shape index (κ2) is 13.8. The van der Waals surface area contributed by atoms with E-state index >= 15 is 0 Å². The Morgan fingerprint density at radius 1 is 1.00 bits per heavy atom. The molecular formula is C37H49N3O6S. The maximum atomic E-state index is 12.9. The summed E-state index contributed by atoms with van der Waals surface area (Å²) in [5, 5.41) is 2.96. The van der Waals surface area contributed by atoms with Gasteiger partial charge >= 0.3 is 12.1 Å². The van der Waals surface area contributed by atoms with Gasteiger partial charge in [-0.15, -0.1) is 11.3 Å². The fourth-order valence-electron chi connectivity index (χ4n) is 6.22. The molecule has 0 N–H and O–H groups in total. The van der Waals surface area contributed by atoms with Crippen LogP contribution in [-0.4, -0.2) is 66.0 Å². The quantitative estimate of drug-likeness (QED) is 0.241. The fraction of sp³-hybridized carbons (Fsp3) is 0.541. The standard InChI is InChI=1S/C37H49N3O6S/c1-23-11-10-12-27(30-22-47-34(38-30)39-16-14-28(31(20-39)43-9)33(41)45-36(3,4)5)32(23)44-21-25-17-24(2)29-19-40(15-13-26(29)18-25)35(42)46-37(6,7)8/h10-12,17-18,22,28,31H,13-16,19-21H2,1-9H3/t28-,31+/m0/s1. The second-order valence-electron chi connectivity index (χ2n) is 14.6. The molecule has 5 rings (SSSR count). The average molecular weight is 664 g/mol. The molecule has 3 heterocycles. The van der Waals surface area contributed by atoms with Gasteiger partial charge in [0.05, 0.1) is 17.7 Å². The molecule has 1 saturated heterocycles. The zero-order valence-electron chi connectivity index (χ0n) is 29.3. The molecule has 0 radical (unpaired) electrons. The van der Waals surface area contributed by atoms with Crippen LogP contribution in [0.3, 0.4) is 0 Å². The summed E-state index contributed by atoms with van der Waals surface area (Å²) in [5.74, 6) is 0.305. The van der Waals surface area contributed by atoms with Gasteiger partial charge in [0.25, 0.3) is 0 Å². The molecule has 2 aliphatic rings. The number of nitrogens with zero attached hydrogens (tertiary/aromatic N) is 3. The van der Waals surface area contributed by atoms with E-state index in [1.807, 2.05) is 47.6 Å². The highest BCUT2D eigenvalue weighted by Crippen LogP contribution is 2.38. The first kappa shape index (κ1) is 34.7. The predicted molar refractivity (Wildman–Crippen MR) is 185 cm³/mol. The molecule has 2 aliphatic heterocycles. The first-order valence-corrected chi connectivity index (χ1v) is 17.3. The monoisotopic (exact) mass is 663 g/mol. The molecule has 1 aromatic heterocycles. The van der Waals surface area contributed by atoms with E-state index in [9.17, 15) is 9.59 Å². The number of carbonyl (C=O) groups excluding carboxylic acids is 2. The van der Waals surface area contributed by atoms with Gasteiger partial charge in [0.2, 0.25) is 0 Å². The van der Waals surface area contributed by atoms with Crippen molar-refractivity contribution in [2.24, 2.45) is 5.92 Å². The fourth-order valence-corrected chi connectivity index (χ4v) is 7.08. The zero-order chi connectivity index (χ0) is 34.1. The van der Waals surface area contributed by atoms with Crippen molar-refractivity contribution in [2.45, 2.75) is 98.7 Å². The molecular weight excluding hydrogens is 614 g/mol. The van der Waals surface area contributed by atoms with Gasteiger partial charge in [0.1, 0.15) is 23.6 Å². The summed E-state index contributed by atoms with van der Waals surface area (Å²) >= 11 is 1.59. The summed E-state index contributed by atoms with van der Waals surface area (Å²) in [6.45, 7) is 18.4. The number of fused-ring (bicyclic) bond motifs is 1. The molecule has 0 saturated carbocycles. The van der Waals surface area contributed by atoms with E-state index in [1.165, 1.54) is 11.1 Å². The van der Waals surface area contributed by atoms with E-state index in [-0.39, 0.29) is 24.1 Å². The van der Waals surface area contributed by atoms with Gasteiger partial charge in [-0.25, -0.2) is 9.78 Å². The van der Waals surface area contributed by atoms with Crippen molar-refractivity contribution < 1.29 is 28.5 Å². The number of aromatic nitrogens is 1. The Morgan fingerprint density at radius 2 is 1.74 bits per heavy atom. The highest BCUT2D eigenvalue weighted by molar-refractivity contribution is 7.14. The van der Waals surface area contributed by atoms with Gasteiger partial charge in [-0.3, -0.25) is 4.79 Å². The van der Waals surface area contributed by atoms with E-state index in [0.29, 0.717) is 39.2 Å². The molecule has 3 aromatic rings. The molecule has 10 heteroatoms. The molecule has 0 spiro atoms. The minimum atomic E-state index is -0.533. The first-order chi connectivity index (χ1) is 22.1. The smallest absolute Gasteiger partial charge is 0.410 e. The van der Waals surface area contributed by atoms with Crippen LogP contribution in [0.1, 0.15) is 75.8 Å². The molecule has 2 atom stereocenters. The number of para-hydroxylation sites is 1. The van der Waals surface area contributed by atoms with Gasteiger partial charge in [0.15, 0.2) is 5.13 Å². The van der Waals surface area contributed by atoms with Gasteiger partial charge in [0, 0.05) is 44.2 Å². The van der Waals surface area contributed by atoms with Crippen molar-refractivity contribution in [3.8, 4) is 17.0 Å². The highest BCUT2D eigenvalue weighted by atomic mass is 32.1. The lowest BCUT2D eigenvalue weighted by atomic mass is 9.93. The lowest BCUT2D eigenvalue weighted by molar-refractivity contribution is -0.165. The van der Waals surface area contributed by atoms with Crippen LogP contribution in [0, 0.1) is 19.8 Å². The van der Waals surface area contributed by atoms with Crippen molar-refractivity contribution in [3.05, 3.63) is 63.5 Å². The number of thiazole rings is 1. The second-order valence-corrected chi connectivity index (χ2v) is 15.4. The Balaban J connectivity index is 1.27. The van der Waals surface area contributed by atoms with Crippen LogP contribution in [0.25, 0.3) is 11.3 Å². The summed E-state index contributed by atoms with van der Waals surface area (Å²) in [7, 11) is 1.65. The van der Waals surface area contributed by atoms with E-state index in [1.54, 1.807) is 23.3 Å². The van der Waals surface area contributed by atoms with Gasteiger partial charge in [-0.2, -0.15) is 0 Å². The summed E-state index contributed by atoms with van der Waals surface area (Å²) < 4.78 is 23.6. The Hall–Kier alpha value is -3.63. The van der Waals surface area contributed by atoms with Crippen molar-refractivity contribution >= 4 is 28.5 Å². The summed E-state index contributed by atoms with van der Waals surface area (Å²) in [6.07, 6.45) is 0.875. The predicted octanol–water partition coefficient (Wildman–Crippen LogP) is 7.48. The average Bonchev–Trinajstić information content (AvgIpc) is 3.48. The number of esters is 1. The number of carbonyl (C=O) groups is 2. The van der Waals surface area contributed by atoms with E-state index in [4.69, 9.17) is 23.9 Å². The minimum Gasteiger partial charge on any atom is -0.488 e. The highest BCUT2D eigenvalue weighted by Gasteiger charge is 2.38. The third-order valence-corrected chi connectivity index (χ3v) is 9.38. The largest absolute Gasteiger partial charge is 0.488 e. The van der Waals surface area contributed by atoms with Gasteiger partial charge in [-0.1, -0.05) is 24.3 Å². The van der Waals surface area contributed by atoms with Crippen LogP contribution in [0.15, 0.2) is 35.7 Å². The minimum absolute atomic E-state index is 0.206. The molecule has 254 valence electrons. The number of methoxy groups -OCH3 is 1. The molecule has 9 nitrogen and oxygen atoms in total. The van der Waals surface area contributed by atoms with Crippen LogP contribution >= 0.6 is 11.3 Å². The van der Waals surface area contributed by atoms with Gasteiger partial charge < -0.3 is 28.7 Å². The molecule has 0 aliphatic carbocycles. The number of anilines is 1. The Morgan fingerprint density at radius 3 is 2.45 bits per heavy atom. The van der Waals surface area contributed by atoms with Gasteiger partial charge in [-0.05, 0) is 102 Å². The molecule has 47 heavy (non-hydrogen) atoms. The number of hydrogen-bond donors (Lipinski definition) is 0. The number of piperidine rings is 1. The van der Waals surface area contributed by atoms with Crippen molar-refractivity contribution in [1.82, 2.24) is 9.88 Å². The summed E-state index contributed by atoms with van der Waals surface area (Å²) in [5.41, 5.74) is 6.47.